The van der Waals surface area contributed by atoms with Crippen molar-refractivity contribution in [3.8, 4) is 0 Å². The van der Waals surface area contributed by atoms with E-state index in [1.54, 1.807) is 14.0 Å². The number of carbonyl (C=O) groups excluding carboxylic acids is 1. The Morgan fingerprint density at radius 2 is 1.80 bits per heavy atom. The third kappa shape index (κ3) is 2.45. The molecule has 0 amide bonds. The van der Waals surface area contributed by atoms with Crippen molar-refractivity contribution in [2.75, 3.05) is 7.11 Å². The number of Topliss-reactive ketones (excluding diaryl/α,β-unsaturated/α-hetero) is 1. The molecule has 1 unspecified atom stereocenters. The van der Waals surface area contributed by atoms with E-state index in [4.69, 9.17) is 4.74 Å². The van der Waals surface area contributed by atoms with Crippen LogP contribution in [0.5, 0.6) is 0 Å². The molecule has 0 bridgehead atoms. The highest BCUT2D eigenvalue weighted by Crippen LogP contribution is 2.36. The van der Waals surface area contributed by atoms with Gasteiger partial charge in [0, 0.05) is 7.11 Å². The van der Waals surface area contributed by atoms with Crippen molar-refractivity contribution in [1.82, 2.24) is 0 Å². The zero-order valence-electron chi connectivity index (χ0n) is 9.78. The Balaban J connectivity index is 3.05. The van der Waals surface area contributed by atoms with E-state index in [-0.39, 0.29) is 11.9 Å². The molecule has 1 atom stereocenters. The van der Waals surface area contributed by atoms with Crippen molar-refractivity contribution in [2.45, 2.75) is 26.9 Å². The van der Waals surface area contributed by atoms with Gasteiger partial charge in [-0.05, 0) is 12.5 Å². The van der Waals surface area contributed by atoms with Crippen molar-refractivity contribution in [2.24, 2.45) is 5.41 Å². The number of benzene rings is 1. The average Bonchev–Trinajstić information content (AvgIpc) is 2.19. The Morgan fingerprint density at radius 3 is 2.20 bits per heavy atom. The van der Waals surface area contributed by atoms with Crippen LogP contribution < -0.4 is 0 Å². The number of methoxy groups -OCH3 is 1. The molecule has 0 aliphatic rings. The van der Waals surface area contributed by atoms with Crippen molar-refractivity contribution < 1.29 is 9.53 Å². The number of rotatable bonds is 4. The molecule has 1 aromatic rings. The predicted molar refractivity (Wildman–Crippen MR) is 60.7 cm³/mol. The van der Waals surface area contributed by atoms with E-state index in [0.717, 1.165) is 5.56 Å². The minimum atomic E-state index is -0.490. The van der Waals surface area contributed by atoms with Gasteiger partial charge in [0.25, 0.3) is 0 Å². The summed E-state index contributed by atoms with van der Waals surface area (Å²) in [6.07, 6.45) is -0.184. The van der Waals surface area contributed by atoms with Gasteiger partial charge in [0.15, 0.2) is 0 Å². The lowest BCUT2D eigenvalue weighted by Crippen LogP contribution is -2.30. The molecule has 0 heterocycles. The van der Waals surface area contributed by atoms with Gasteiger partial charge in [0.2, 0.25) is 0 Å². The van der Waals surface area contributed by atoms with Crippen LogP contribution in [0.2, 0.25) is 0 Å². The van der Waals surface area contributed by atoms with Crippen LogP contribution in [0.1, 0.15) is 32.4 Å². The molecule has 82 valence electrons. The fourth-order valence-corrected chi connectivity index (χ4v) is 1.66. The number of hydrogen-bond donors (Lipinski definition) is 0. The summed E-state index contributed by atoms with van der Waals surface area (Å²) in [5.74, 6) is 0.137. The SMILES string of the molecule is COC(c1ccccc1)C(C)(C)C(C)=O. The molecule has 0 aliphatic heterocycles. The first-order chi connectivity index (χ1) is 7.00. The zero-order chi connectivity index (χ0) is 11.5. The van der Waals surface area contributed by atoms with Gasteiger partial charge in [0.1, 0.15) is 5.78 Å². The maximum Gasteiger partial charge on any atom is 0.138 e. The van der Waals surface area contributed by atoms with Crippen LogP contribution in [0.3, 0.4) is 0 Å². The summed E-state index contributed by atoms with van der Waals surface area (Å²) in [6.45, 7) is 5.43. The van der Waals surface area contributed by atoms with Gasteiger partial charge in [-0.15, -0.1) is 0 Å². The standard InChI is InChI=1S/C13H18O2/c1-10(14)13(2,3)12(15-4)11-8-6-5-7-9-11/h5-9,12H,1-4H3. The molecular weight excluding hydrogens is 188 g/mol. The third-order valence-electron chi connectivity index (χ3n) is 2.90. The molecule has 0 aromatic heterocycles. The molecule has 0 saturated heterocycles. The van der Waals surface area contributed by atoms with Crippen molar-refractivity contribution in [3.63, 3.8) is 0 Å². The van der Waals surface area contributed by atoms with E-state index < -0.39 is 5.41 Å². The van der Waals surface area contributed by atoms with Crippen LogP contribution in [0.4, 0.5) is 0 Å². The predicted octanol–water partition coefficient (Wildman–Crippen LogP) is 2.99. The summed E-state index contributed by atoms with van der Waals surface area (Å²) in [5, 5.41) is 0. The lowest BCUT2D eigenvalue weighted by molar-refractivity contribution is -0.132. The molecular formula is C13H18O2. The third-order valence-corrected chi connectivity index (χ3v) is 2.90. The van der Waals surface area contributed by atoms with Crippen LogP contribution in [0.15, 0.2) is 30.3 Å². The van der Waals surface area contributed by atoms with Gasteiger partial charge in [-0.2, -0.15) is 0 Å². The van der Waals surface area contributed by atoms with Gasteiger partial charge in [-0.25, -0.2) is 0 Å². The summed E-state index contributed by atoms with van der Waals surface area (Å²) in [5.41, 5.74) is 0.552. The summed E-state index contributed by atoms with van der Waals surface area (Å²) in [4.78, 5) is 11.6. The summed E-state index contributed by atoms with van der Waals surface area (Å²) in [7, 11) is 1.64. The Labute approximate surface area is 91.3 Å². The Kier molecular flexibility index (Phi) is 3.64. The van der Waals surface area contributed by atoms with Gasteiger partial charge < -0.3 is 4.74 Å². The van der Waals surface area contributed by atoms with E-state index in [1.807, 2.05) is 44.2 Å². The van der Waals surface area contributed by atoms with E-state index in [0.29, 0.717) is 0 Å². The maximum absolute atomic E-state index is 11.6. The molecule has 0 fully saturated rings. The fraction of sp³-hybridized carbons (Fsp3) is 0.462. The quantitative estimate of drug-likeness (QED) is 0.757. The lowest BCUT2D eigenvalue weighted by atomic mass is 9.79. The number of hydrogen-bond acceptors (Lipinski definition) is 2. The zero-order valence-corrected chi connectivity index (χ0v) is 9.78. The Morgan fingerprint density at radius 1 is 1.27 bits per heavy atom. The topological polar surface area (TPSA) is 26.3 Å². The molecule has 0 radical (unpaired) electrons. The van der Waals surface area contributed by atoms with Gasteiger partial charge in [-0.1, -0.05) is 44.2 Å². The first-order valence-corrected chi connectivity index (χ1v) is 5.09. The Hall–Kier alpha value is -1.15. The number of ether oxygens (including phenoxy) is 1. The summed E-state index contributed by atoms with van der Waals surface area (Å²) in [6, 6.07) is 9.84. The molecule has 15 heavy (non-hydrogen) atoms. The monoisotopic (exact) mass is 206 g/mol. The van der Waals surface area contributed by atoms with Crippen LogP contribution in [0, 0.1) is 5.41 Å². The Bertz CT molecular complexity index is 328. The molecule has 1 rings (SSSR count). The van der Waals surface area contributed by atoms with E-state index >= 15 is 0 Å². The van der Waals surface area contributed by atoms with E-state index in [9.17, 15) is 4.79 Å². The molecule has 2 nitrogen and oxygen atoms in total. The molecule has 0 N–H and O–H groups in total. The smallest absolute Gasteiger partial charge is 0.138 e. The second kappa shape index (κ2) is 4.58. The lowest BCUT2D eigenvalue weighted by Gasteiger charge is -2.31. The first-order valence-electron chi connectivity index (χ1n) is 5.09. The van der Waals surface area contributed by atoms with Gasteiger partial charge in [0.05, 0.1) is 11.5 Å². The maximum atomic E-state index is 11.6. The highest BCUT2D eigenvalue weighted by Gasteiger charge is 2.35. The van der Waals surface area contributed by atoms with Crippen molar-refractivity contribution >= 4 is 5.78 Å². The van der Waals surface area contributed by atoms with E-state index in [1.165, 1.54) is 0 Å². The number of carbonyl (C=O) groups is 1. The second-order valence-electron chi connectivity index (χ2n) is 4.30. The molecule has 2 heteroatoms. The second-order valence-corrected chi connectivity index (χ2v) is 4.30. The minimum absolute atomic E-state index is 0.137. The molecule has 0 aliphatic carbocycles. The summed E-state index contributed by atoms with van der Waals surface area (Å²) < 4.78 is 5.44. The fourth-order valence-electron chi connectivity index (χ4n) is 1.66. The van der Waals surface area contributed by atoms with Crippen LogP contribution in [-0.4, -0.2) is 12.9 Å². The van der Waals surface area contributed by atoms with Gasteiger partial charge in [-0.3, -0.25) is 4.79 Å². The van der Waals surface area contributed by atoms with Crippen LogP contribution in [0.25, 0.3) is 0 Å². The largest absolute Gasteiger partial charge is 0.376 e. The highest BCUT2D eigenvalue weighted by molar-refractivity contribution is 5.82. The van der Waals surface area contributed by atoms with Crippen LogP contribution >= 0.6 is 0 Å². The average molecular weight is 206 g/mol. The normalized spacial score (nSPS) is 13.6. The highest BCUT2D eigenvalue weighted by atomic mass is 16.5. The number of ketones is 1. The van der Waals surface area contributed by atoms with Crippen molar-refractivity contribution in [1.29, 1.82) is 0 Å². The first kappa shape index (κ1) is 11.9. The molecule has 0 saturated carbocycles. The van der Waals surface area contributed by atoms with Gasteiger partial charge >= 0.3 is 0 Å². The minimum Gasteiger partial charge on any atom is -0.376 e. The van der Waals surface area contributed by atoms with Crippen molar-refractivity contribution in [3.05, 3.63) is 35.9 Å². The molecule has 0 spiro atoms. The summed E-state index contributed by atoms with van der Waals surface area (Å²) >= 11 is 0. The van der Waals surface area contributed by atoms with Crippen LogP contribution in [-0.2, 0) is 9.53 Å². The molecule has 1 aromatic carbocycles. The van der Waals surface area contributed by atoms with E-state index in [2.05, 4.69) is 0 Å².